The first-order valence-electron chi connectivity index (χ1n) is 4.98. The monoisotopic (exact) mass is 206 g/mol. The number of para-hydroxylation sites is 1. The number of hydrogen-bond donors (Lipinski definition) is 0. The fourth-order valence-corrected chi connectivity index (χ4v) is 1.57. The van der Waals surface area contributed by atoms with Crippen LogP contribution < -0.4 is 0 Å². The molecule has 16 heavy (non-hydrogen) atoms. The van der Waals surface area contributed by atoms with Gasteiger partial charge in [0.25, 0.3) is 0 Å². The molecule has 2 aromatic heterocycles. The zero-order valence-corrected chi connectivity index (χ0v) is 8.46. The third kappa shape index (κ3) is 1.52. The van der Waals surface area contributed by atoms with E-state index < -0.39 is 0 Å². The van der Waals surface area contributed by atoms with Gasteiger partial charge >= 0.3 is 0 Å². The van der Waals surface area contributed by atoms with Crippen LogP contribution in [0.5, 0.6) is 0 Å². The van der Waals surface area contributed by atoms with Gasteiger partial charge in [-0.1, -0.05) is 18.2 Å². The van der Waals surface area contributed by atoms with Gasteiger partial charge < -0.3 is 0 Å². The minimum atomic E-state index is 0.653. The lowest BCUT2D eigenvalue weighted by atomic mass is 10.1. The van der Waals surface area contributed by atoms with E-state index in [-0.39, 0.29) is 0 Å². The highest BCUT2D eigenvalue weighted by molar-refractivity contribution is 5.81. The maximum Gasteiger partial charge on any atom is 0.161 e. The van der Waals surface area contributed by atoms with Gasteiger partial charge in [-0.3, -0.25) is 0 Å². The second-order valence-corrected chi connectivity index (χ2v) is 3.41. The molecular weight excluding hydrogens is 198 g/mol. The lowest BCUT2D eigenvalue weighted by molar-refractivity contribution is 1.17. The lowest BCUT2D eigenvalue weighted by Crippen LogP contribution is -1.88. The number of fused-ring (bicyclic) bond motifs is 1. The average Bonchev–Trinajstić information content (AvgIpc) is 2.39. The van der Waals surface area contributed by atoms with Gasteiger partial charge in [0.05, 0.1) is 5.52 Å². The maximum atomic E-state index is 4.25. The zero-order valence-electron chi connectivity index (χ0n) is 8.46. The fourth-order valence-electron chi connectivity index (χ4n) is 1.57. The molecule has 0 fully saturated rings. The smallest absolute Gasteiger partial charge is 0.161 e. The predicted octanol–water partition coefficient (Wildman–Crippen LogP) is 2.49. The summed E-state index contributed by atoms with van der Waals surface area (Å²) in [6, 6.07) is 11.7. The molecule has 75 valence electrons. The van der Waals surface area contributed by atoms with Gasteiger partial charge in [0.1, 0.15) is 6.20 Å². The van der Waals surface area contributed by atoms with Gasteiger partial charge in [0.15, 0.2) is 5.82 Å². The highest BCUT2D eigenvalue weighted by Gasteiger charge is 2.02. The fraction of sp³-hybridized carbons (Fsp3) is 0. The molecule has 0 aliphatic heterocycles. The van der Waals surface area contributed by atoms with Gasteiger partial charge in [-0.2, -0.15) is 0 Å². The lowest BCUT2D eigenvalue weighted by Gasteiger charge is -2.00. The number of benzene rings is 1. The van der Waals surface area contributed by atoms with E-state index in [0.717, 1.165) is 16.5 Å². The Morgan fingerprint density at radius 1 is 0.938 bits per heavy atom. The summed E-state index contributed by atoms with van der Waals surface area (Å²) in [5, 5.41) is 1.07. The normalized spacial score (nSPS) is 10.5. The minimum Gasteiger partial charge on any atom is -0.245 e. The Hall–Kier alpha value is -2.29. The van der Waals surface area contributed by atoms with Crippen molar-refractivity contribution in [2.75, 3.05) is 0 Å². The molecule has 0 aliphatic rings. The van der Waals surface area contributed by atoms with E-state index in [1.807, 2.05) is 30.3 Å². The van der Waals surface area contributed by atoms with Crippen molar-refractivity contribution in [2.24, 2.45) is 0 Å². The van der Waals surface area contributed by atoms with Crippen LogP contribution >= 0.6 is 0 Å². The third-order valence-electron chi connectivity index (χ3n) is 2.34. The Kier molecular flexibility index (Phi) is 2.07. The second kappa shape index (κ2) is 3.70. The van der Waals surface area contributed by atoms with Crippen molar-refractivity contribution in [2.45, 2.75) is 0 Å². The number of aromatic nitrogens is 3. The van der Waals surface area contributed by atoms with Crippen LogP contribution in [0.2, 0.25) is 0 Å². The van der Waals surface area contributed by atoms with E-state index in [9.17, 15) is 0 Å². The molecule has 1 radical (unpaired) electrons. The van der Waals surface area contributed by atoms with Crippen molar-refractivity contribution in [3.63, 3.8) is 0 Å². The van der Waals surface area contributed by atoms with Crippen LogP contribution in [-0.2, 0) is 0 Å². The van der Waals surface area contributed by atoms with Crippen molar-refractivity contribution >= 4 is 10.9 Å². The molecule has 0 aliphatic carbocycles. The average molecular weight is 206 g/mol. The third-order valence-corrected chi connectivity index (χ3v) is 2.34. The van der Waals surface area contributed by atoms with Crippen LogP contribution in [0.25, 0.3) is 22.3 Å². The SMILES string of the molecule is [c]1nc2ccccc2cc1-c1ncccn1. The molecule has 3 aromatic rings. The molecule has 0 unspecified atom stereocenters. The summed E-state index contributed by atoms with van der Waals surface area (Å²) in [5.41, 5.74) is 1.75. The van der Waals surface area contributed by atoms with Crippen LogP contribution in [0, 0.1) is 6.20 Å². The molecule has 3 heteroatoms. The van der Waals surface area contributed by atoms with Crippen molar-refractivity contribution in [1.29, 1.82) is 0 Å². The van der Waals surface area contributed by atoms with E-state index in [0.29, 0.717) is 5.82 Å². The second-order valence-electron chi connectivity index (χ2n) is 3.41. The van der Waals surface area contributed by atoms with Crippen molar-refractivity contribution in [1.82, 2.24) is 15.0 Å². The predicted molar refractivity (Wildman–Crippen MR) is 61.6 cm³/mol. The van der Waals surface area contributed by atoms with Crippen LogP contribution in [0.3, 0.4) is 0 Å². The van der Waals surface area contributed by atoms with E-state index in [2.05, 4.69) is 21.1 Å². The first-order chi connectivity index (χ1) is 7.93. The van der Waals surface area contributed by atoms with Crippen LogP contribution in [0.1, 0.15) is 0 Å². The van der Waals surface area contributed by atoms with Gasteiger partial charge in [-0.05, 0) is 18.2 Å². The minimum absolute atomic E-state index is 0.653. The molecule has 0 atom stereocenters. The molecular formula is C13H8N3. The summed E-state index contributed by atoms with van der Waals surface area (Å²) >= 11 is 0. The number of rotatable bonds is 1. The van der Waals surface area contributed by atoms with E-state index in [1.165, 1.54) is 0 Å². The Bertz CT molecular complexity index is 620. The topological polar surface area (TPSA) is 38.7 Å². The Morgan fingerprint density at radius 2 is 1.75 bits per heavy atom. The van der Waals surface area contributed by atoms with Gasteiger partial charge in [0.2, 0.25) is 0 Å². The molecule has 3 nitrogen and oxygen atoms in total. The Morgan fingerprint density at radius 3 is 2.62 bits per heavy atom. The Labute approximate surface area is 92.8 Å². The first-order valence-corrected chi connectivity index (χ1v) is 4.98. The first kappa shape index (κ1) is 8.97. The summed E-state index contributed by atoms with van der Waals surface area (Å²) in [4.78, 5) is 12.6. The summed E-state index contributed by atoms with van der Waals surface area (Å²) in [5.74, 6) is 0.653. The van der Waals surface area contributed by atoms with Gasteiger partial charge in [0, 0.05) is 23.3 Å². The number of hydrogen-bond acceptors (Lipinski definition) is 3. The van der Waals surface area contributed by atoms with Gasteiger partial charge in [-0.25, -0.2) is 15.0 Å². The number of pyridine rings is 1. The summed E-state index contributed by atoms with van der Waals surface area (Å²) in [6.07, 6.45) is 6.38. The number of nitrogens with zero attached hydrogens (tertiary/aromatic N) is 3. The molecule has 0 N–H and O–H groups in total. The molecule has 1 aromatic carbocycles. The van der Waals surface area contributed by atoms with Gasteiger partial charge in [-0.15, -0.1) is 0 Å². The van der Waals surface area contributed by atoms with Crippen molar-refractivity contribution < 1.29 is 0 Å². The van der Waals surface area contributed by atoms with Crippen molar-refractivity contribution in [3.05, 3.63) is 55.0 Å². The molecule has 2 heterocycles. The van der Waals surface area contributed by atoms with Crippen LogP contribution in [-0.4, -0.2) is 15.0 Å². The quantitative estimate of drug-likeness (QED) is 0.614. The standard InChI is InChI=1S/C13H8N3/c1-2-5-12-10(4-1)8-11(9-16-12)13-14-6-3-7-15-13/h1-8H. The molecule has 3 rings (SSSR count). The molecule has 0 saturated heterocycles. The van der Waals surface area contributed by atoms with E-state index >= 15 is 0 Å². The summed E-state index contributed by atoms with van der Waals surface area (Å²) in [7, 11) is 0. The zero-order chi connectivity index (χ0) is 10.8. The Balaban J connectivity index is 2.19. The van der Waals surface area contributed by atoms with Crippen LogP contribution in [0.4, 0.5) is 0 Å². The summed E-state index contributed by atoms with van der Waals surface area (Å²) < 4.78 is 0. The molecule has 0 bridgehead atoms. The molecule has 0 spiro atoms. The van der Waals surface area contributed by atoms with Crippen LogP contribution in [0.15, 0.2) is 48.8 Å². The highest BCUT2D eigenvalue weighted by Crippen LogP contribution is 2.18. The molecule has 0 amide bonds. The van der Waals surface area contributed by atoms with E-state index in [4.69, 9.17) is 0 Å². The molecule has 0 saturated carbocycles. The summed E-state index contributed by atoms with van der Waals surface area (Å²) in [6.45, 7) is 0. The van der Waals surface area contributed by atoms with E-state index in [1.54, 1.807) is 18.5 Å². The largest absolute Gasteiger partial charge is 0.245 e. The van der Waals surface area contributed by atoms with Crippen molar-refractivity contribution in [3.8, 4) is 11.4 Å². The highest BCUT2D eigenvalue weighted by atomic mass is 14.9. The maximum absolute atomic E-state index is 4.25.